The number of aliphatic carboxylic acids is 2. The molecule has 0 aromatic carbocycles. The molecule has 0 rings (SSSR count). The summed E-state index contributed by atoms with van der Waals surface area (Å²) in [6.07, 6.45) is 3.32. The maximum absolute atomic E-state index is 10.6. The highest BCUT2D eigenvalue weighted by atomic mass is 16.4. The summed E-state index contributed by atoms with van der Waals surface area (Å²) >= 11 is 0. The number of carbonyl (C=O) groups is 2. The zero-order valence-corrected chi connectivity index (χ0v) is 9.40. The van der Waals surface area contributed by atoms with E-state index in [1.807, 2.05) is 6.92 Å². The molecule has 0 heterocycles. The van der Waals surface area contributed by atoms with Crippen molar-refractivity contribution in [2.45, 2.75) is 46.0 Å². The predicted molar refractivity (Wildman–Crippen MR) is 56.7 cm³/mol. The second-order valence-corrected chi connectivity index (χ2v) is 4.08. The molecule has 2 unspecified atom stereocenters. The summed E-state index contributed by atoms with van der Waals surface area (Å²) in [5, 5.41) is 17.4. The van der Waals surface area contributed by atoms with Crippen LogP contribution in [0.25, 0.3) is 0 Å². The fourth-order valence-corrected chi connectivity index (χ4v) is 1.64. The van der Waals surface area contributed by atoms with Gasteiger partial charge in [-0.1, -0.05) is 26.7 Å². The third-order valence-corrected chi connectivity index (χ3v) is 2.54. The Hall–Kier alpha value is -1.06. The van der Waals surface area contributed by atoms with Crippen molar-refractivity contribution in [3.63, 3.8) is 0 Å². The van der Waals surface area contributed by atoms with Gasteiger partial charge in [-0.05, 0) is 18.8 Å². The van der Waals surface area contributed by atoms with E-state index >= 15 is 0 Å². The van der Waals surface area contributed by atoms with E-state index in [-0.39, 0.29) is 12.3 Å². The van der Waals surface area contributed by atoms with Gasteiger partial charge < -0.3 is 10.2 Å². The quantitative estimate of drug-likeness (QED) is 0.653. The van der Waals surface area contributed by atoms with Crippen LogP contribution in [0.15, 0.2) is 0 Å². The second-order valence-electron chi connectivity index (χ2n) is 4.08. The summed E-state index contributed by atoms with van der Waals surface area (Å²) < 4.78 is 0. The van der Waals surface area contributed by atoms with Crippen molar-refractivity contribution in [2.24, 2.45) is 11.8 Å². The summed E-state index contributed by atoms with van der Waals surface area (Å²) in [6.45, 7) is 3.67. The maximum atomic E-state index is 10.6. The Bertz CT molecular complexity index is 213. The molecule has 0 aliphatic carbocycles. The zero-order valence-electron chi connectivity index (χ0n) is 9.40. The number of carboxylic acids is 2. The van der Waals surface area contributed by atoms with Gasteiger partial charge >= 0.3 is 11.9 Å². The van der Waals surface area contributed by atoms with Crippen LogP contribution >= 0.6 is 0 Å². The summed E-state index contributed by atoms with van der Waals surface area (Å²) in [4.78, 5) is 21.2. The molecule has 0 saturated carbocycles. The molecule has 2 atom stereocenters. The summed E-state index contributed by atoms with van der Waals surface area (Å²) in [7, 11) is 0. The van der Waals surface area contributed by atoms with Gasteiger partial charge in [-0.25, -0.2) is 0 Å². The Labute approximate surface area is 90.3 Å². The molecule has 0 aromatic rings. The molecule has 0 aliphatic rings. The lowest BCUT2D eigenvalue weighted by Crippen LogP contribution is -2.17. The molecule has 4 nitrogen and oxygen atoms in total. The van der Waals surface area contributed by atoms with Crippen LogP contribution in [0.4, 0.5) is 0 Å². The van der Waals surface area contributed by atoms with Gasteiger partial charge in [0.2, 0.25) is 0 Å². The standard InChI is InChI=1S/C11H20O4/c1-3-4-5-9(7-10(12)13)6-8(2)11(14)15/h8-9H,3-7H2,1-2H3,(H,12,13)(H,14,15). The average Bonchev–Trinajstić information content (AvgIpc) is 2.13. The molecular weight excluding hydrogens is 196 g/mol. The molecule has 4 heteroatoms. The predicted octanol–water partition coefficient (Wildman–Crippen LogP) is 2.38. The number of unbranched alkanes of at least 4 members (excludes halogenated alkanes) is 1. The Kier molecular flexibility index (Phi) is 6.75. The second kappa shape index (κ2) is 7.26. The number of rotatable bonds is 8. The topological polar surface area (TPSA) is 74.6 Å². The van der Waals surface area contributed by atoms with Crippen LogP contribution in [0.1, 0.15) is 46.0 Å². The third kappa shape index (κ3) is 6.94. The summed E-state index contributed by atoms with van der Waals surface area (Å²) in [5.41, 5.74) is 0. The van der Waals surface area contributed by atoms with Crippen LogP contribution in [0, 0.1) is 11.8 Å². The first-order valence-corrected chi connectivity index (χ1v) is 5.42. The van der Waals surface area contributed by atoms with Crippen LogP contribution in [-0.4, -0.2) is 22.2 Å². The van der Waals surface area contributed by atoms with E-state index in [1.54, 1.807) is 6.92 Å². The SMILES string of the molecule is CCCCC(CC(=O)O)CC(C)C(=O)O. The molecule has 2 N–H and O–H groups in total. The van der Waals surface area contributed by atoms with Gasteiger partial charge in [0.25, 0.3) is 0 Å². The minimum atomic E-state index is -0.845. The van der Waals surface area contributed by atoms with E-state index in [4.69, 9.17) is 10.2 Å². The minimum absolute atomic E-state index is 0.00597. The Morgan fingerprint density at radius 1 is 1.27 bits per heavy atom. The van der Waals surface area contributed by atoms with Crippen LogP contribution in [-0.2, 0) is 9.59 Å². The molecular formula is C11H20O4. The van der Waals surface area contributed by atoms with E-state index in [0.717, 1.165) is 19.3 Å². The van der Waals surface area contributed by atoms with E-state index in [2.05, 4.69) is 0 Å². The van der Waals surface area contributed by atoms with Gasteiger partial charge in [0.15, 0.2) is 0 Å². The van der Waals surface area contributed by atoms with E-state index in [1.165, 1.54) is 0 Å². The molecule has 0 radical (unpaired) electrons. The van der Waals surface area contributed by atoms with Crippen molar-refractivity contribution in [3.05, 3.63) is 0 Å². The lowest BCUT2D eigenvalue weighted by Gasteiger charge is -2.16. The van der Waals surface area contributed by atoms with Crippen LogP contribution in [0.5, 0.6) is 0 Å². The van der Waals surface area contributed by atoms with Crippen molar-refractivity contribution in [1.82, 2.24) is 0 Å². The Balaban J connectivity index is 4.10. The largest absolute Gasteiger partial charge is 0.481 e. The minimum Gasteiger partial charge on any atom is -0.481 e. The lowest BCUT2D eigenvalue weighted by molar-refractivity contribution is -0.143. The summed E-state index contributed by atoms with van der Waals surface area (Å²) in [5.74, 6) is -2.14. The number of carboxylic acid groups (broad SMARTS) is 2. The monoisotopic (exact) mass is 216 g/mol. The van der Waals surface area contributed by atoms with E-state index in [9.17, 15) is 9.59 Å². The van der Waals surface area contributed by atoms with Crippen molar-refractivity contribution < 1.29 is 19.8 Å². The van der Waals surface area contributed by atoms with Crippen LogP contribution in [0.3, 0.4) is 0 Å². The summed E-state index contributed by atoms with van der Waals surface area (Å²) in [6, 6.07) is 0. The molecule has 0 aromatic heterocycles. The molecule has 0 saturated heterocycles. The molecule has 0 spiro atoms. The molecule has 0 bridgehead atoms. The smallest absolute Gasteiger partial charge is 0.306 e. The molecule has 0 fully saturated rings. The molecule has 88 valence electrons. The van der Waals surface area contributed by atoms with Crippen LogP contribution in [0.2, 0.25) is 0 Å². The first kappa shape index (κ1) is 13.9. The van der Waals surface area contributed by atoms with Gasteiger partial charge in [-0.2, -0.15) is 0 Å². The zero-order chi connectivity index (χ0) is 11.8. The van der Waals surface area contributed by atoms with Gasteiger partial charge in [0, 0.05) is 6.42 Å². The lowest BCUT2D eigenvalue weighted by atomic mass is 9.89. The van der Waals surface area contributed by atoms with Gasteiger partial charge in [-0.3, -0.25) is 9.59 Å². The Morgan fingerprint density at radius 2 is 1.87 bits per heavy atom. The van der Waals surface area contributed by atoms with E-state index < -0.39 is 17.9 Å². The van der Waals surface area contributed by atoms with Gasteiger partial charge in [0.1, 0.15) is 0 Å². The first-order valence-electron chi connectivity index (χ1n) is 5.42. The fourth-order valence-electron chi connectivity index (χ4n) is 1.64. The molecule has 0 amide bonds. The highest BCUT2D eigenvalue weighted by Crippen LogP contribution is 2.21. The molecule has 0 aliphatic heterocycles. The fraction of sp³-hybridized carbons (Fsp3) is 0.818. The highest BCUT2D eigenvalue weighted by molar-refractivity contribution is 5.70. The molecule has 15 heavy (non-hydrogen) atoms. The van der Waals surface area contributed by atoms with Crippen molar-refractivity contribution >= 4 is 11.9 Å². The van der Waals surface area contributed by atoms with Crippen LogP contribution < -0.4 is 0 Å². The number of hydrogen-bond acceptors (Lipinski definition) is 2. The first-order chi connectivity index (χ1) is 6.97. The maximum Gasteiger partial charge on any atom is 0.306 e. The van der Waals surface area contributed by atoms with E-state index in [0.29, 0.717) is 6.42 Å². The Morgan fingerprint density at radius 3 is 2.27 bits per heavy atom. The van der Waals surface area contributed by atoms with Gasteiger partial charge in [-0.15, -0.1) is 0 Å². The third-order valence-electron chi connectivity index (χ3n) is 2.54. The highest BCUT2D eigenvalue weighted by Gasteiger charge is 2.20. The van der Waals surface area contributed by atoms with Crippen molar-refractivity contribution in [1.29, 1.82) is 0 Å². The van der Waals surface area contributed by atoms with Crippen molar-refractivity contribution in [3.8, 4) is 0 Å². The van der Waals surface area contributed by atoms with Gasteiger partial charge in [0.05, 0.1) is 5.92 Å². The van der Waals surface area contributed by atoms with Crippen molar-refractivity contribution in [2.75, 3.05) is 0 Å². The average molecular weight is 216 g/mol. The normalized spacial score (nSPS) is 14.5. The number of hydrogen-bond donors (Lipinski definition) is 2.